The SMILES string of the molecule is Nc1nc2cc(Br)c(F)cc2n1-c1cccc(F)c1. The predicted octanol–water partition coefficient (Wildman–Crippen LogP) is 3.65. The molecule has 0 amide bonds. The highest BCUT2D eigenvalue weighted by Gasteiger charge is 2.13. The zero-order valence-corrected chi connectivity index (χ0v) is 11.2. The minimum Gasteiger partial charge on any atom is -0.369 e. The smallest absolute Gasteiger partial charge is 0.205 e. The Morgan fingerprint density at radius 2 is 1.95 bits per heavy atom. The van der Waals surface area contributed by atoms with Gasteiger partial charge in [0.05, 0.1) is 21.2 Å². The third-order valence-corrected chi connectivity index (χ3v) is 3.40. The van der Waals surface area contributed by atoms with Gasteiger partial charge in [0.2, 0.25) is 5.95 Å². The molecule has 0 atom stereocenters. The van der Waals surface area contributed by atoms with Crippen LogP contribution in [0.1, 0.15) is 0 Å². The second kappa shape index (κ2) is 4.31. The van der Waals surface area contributed by atoms with Crippen LogP contribution in [-0.4, -0.2) is 9.55 Å². The zero-order valence-electron chi connectivity index (χ0n) is 9.57. The standard InChI is InChI=1S/C13H8BrF2N3/c14-9-5-11-12(6-10(9)16)19(13(17)18-11)8-3-1-2-7(15)4-8/h1-6H,(H2,17,18). The van der Waals surface area contributed by atoms with Crippen molar-refractivity contribution < 1.29 is 8.78 Å². The molecule has 1 heterocycles. The number of halogens is 3. The van der Waals surface area contributed by atoms with Gasteiger partial charge in [-0.15, -0.1) is 0 Å². The van der Waals surface area contributed by atoms with Gasteiger partial charge in [0, 0.05) is 6.07 Å². The molecule has 0 aliphatic heterocycles. The number of nitrogen functional groups attached to an aromatic ring is 1. The van der Waals surface area contributed by atoms with Crippen LogP contribution in [0, 0.1) is 11.6 Å². The molecule has 0 saturated heterocycles. The number of nitrogens with two attached hydrogens (primary N) is 1. The summed E-state index contributed by atoms with van der Waals surface area (Å²) in [5.74, 6) is -0.639. The van der Waals surface area contributed by atoms with Gasteiger partial charge in [-0.2, -0.15) is 0 Å². The lowest BCUT2D eigenvalue weighted by atomic mass is 10.2. The van der Waals surface area contributed by atoms with Crippen molar-refractivity contribution in [1.29, 1.82) is 0 Å². The Morgan fingerprint density at radius 3 is 2.68 bits per heavy atom. The van der Waals surface area contributed by atoms with Crippen molar-refractivity contribution in [1.82, 2.24) is 9.55 Å². The predicted molar refractivity (Wildman–Crippen MR) is 73.1 cm³/mol. The molecule has 0 spiro atoms. The molecule has 6 heteroatoms. The van der Waals surface area contributed by atoms with Crippen LogP contribution in [0.15, 0.2) is 40.9 Å². The molecule has 3 rings (SSSR count). The van der Waals surface area contributed by atoms with Crippen LogP contribution in [-0.2, 0) is 0 Å². The molecule has 3 aromatic rings. The van der Waals surface area contributed by atoms with Crippen molar-refractivity contribution in [2.24, 2.45) is 0 Å². The van der Waals surface area contributed by atoms with Gasteiger partial charge >= 0.3 is 0 Å². The first-order chi connectivity index (χ1) is 9.06. The number of rotatable bonds is 1. The molecule has 0 aliphatic carbocycles. The minimum atomic E-state index is -0.426. The summed E-state index contributed by atoms with van der Waals surface area (Å²) >= 11 is 3.09. The van der Waals surface area contributed by atoms with Crippen molar-refractivity contribution in [2.45, 2.75) is 0 Å². The van der Waals surface area contributed by atoms with E-state index < -0.39 is 11.6 Å². The van der Waals surface area contributed by atoms with Gasteiger partial charge < -0.3 is 5.73 Å². The third kappa shape index (κ3) is 1.98. The van der Waals surface area contributed by atoms with Gasteiger partial charge in [-0.3, -0.25) is 4.57 Å². The van der Waals surface area contributed by atoms with Gasteiger partial charge in [0.15, 0.2) is 0 Å². The number of nitrogens with zero attached hydrogens (tertiary/aromatic N) is 2. The van der Waals surface area contributed by atoms with E-state index in [0.717, 1.165) is 0 Å². The molecular weight excluding hydrogens is 316 g/mol. The molecule has 0 aliphatic rings. The Morgan fingerprint density at radius 1 is 1.16 bits per heavy atom. The van der Waals surface area contributed by atoms with E-state index in [1.165, 1.54) is 28.8 Å². The van der Waals surface area contributed by atoms with E-state index in [-0.39, 0.29) is 5.95 Å². The fourth-order valence-corrected chi connectivity index (χ4v) is 2.31. The molecule has 96 valence electrons. The largest absolute Gasteiger partial charge is 0.369 e. The second-order valence-corrected chi connectivity index (χ2v) is 4.89. The lowest BCUT2D eigenvalue weighted by Crippen LogP contribution is -2.01. The van der Waals surface area contributed by atoms with Crippen LogP contribution in [0.5, 0.6) is 0 Å². The average Bonchev–Trinajstić information content (AvgIpc) is 2.65. The fourth-order valence-electron chi connectivity index (χ4n) is 1.98. The molecule has 0 unspecified atom stereocenters. The van der Waals surface area contributed by atoms with Crippen LogP contribution in [0.3, 0.4) is 0 Å². The third-order valence-electron chi connectivity index (χ3n) is 2.79. The molecule has 0 bridgehead atoms. The van der Waals surface area contributed by atoms with Crippen molar-refractivity contribution >= 4 is 32.9 Å². The number of fused-ring (bicyclic) bond motifs is 1. The number of aromatic nitrogens is 2. The Hall–Kier alpha value is -1.95. The van der Waals surface area contributed by atoms with Crippen LogP contribution >= 0.6 is 15.9 Å². The summed E-state index contributed by atoms with van der Waals surface area (Å²) in [4.78, 5) is 4.14. The van der Waals surface area contributed by atoms with Crippen molar-refractivity contribution in [3.63, 3.8) is 0 Å². The summed E-state index contributed by atoms with van der Waals surface area (Å²) in [5, 5.41) is 0. The van der Waals surface area contributed by atoms with Crippen LogP contribution in [0.4, 0.5) is 14.7 Å². The lowest BCUT2D eigenvalue weighted by molar-refractivity contribution is 0.622. The number of hydrogen-bond donors (Lipinski definition) is 1. The molecule has 3 nitrogen and oxygen atoms in total. The van der Waals surface area contributed by atoms with Crippen molar-refractivity contribution in [2.75, 3.05) is 5.73 Å². The zero-order chi connectivity index (χ0) is 13.6. The monoisotopic (exact) mass is 323 g/mol. The quantitative estimate of drug-likeness (QED) is 0.742. The number of benzene rings is 2. The topological polar surface area (TPSA) is 43.8 Å². The summed E-state index contributed by atoms with van der Waals surface area (Å²) in [6, 6.07) is 8.74. The lowest BCUT2D eigenvalue weighted by Gasteiger charge is -2.06. The summed E-state index contributed by atoms with van der Waals surface area (Å²) in [7, 11) is 0. The van der Waals surface area contributed by atoms with E-state index in [1.54, 1.807) is 12.1 Å². The summed E-state index contributed by atoms with van der Waals surface area (Å²) < 4.78 is 28.7. The van der Waals surface area contributed by atoms with E-state index in [9.17, 15) is 8.78 Å². The van der Waals surface area contributed by atoms with Gasteiger partial charge in [0.25, 0.3) is 0 Å². The number of hydrogen-bond acceptors (Lipinski definition) is 2. The van der Waals surface area contributed by atoms with E-state index in [1.807, 2.05) is 0 Å². The number of imidazole rings is 1. The molecule has 0 fully saturated rings. The summed E-state index contributed by atoms with van der Waals surface area (Å²) in [6.45, 7) is 0. The van der Waals surface area contributed by atoms with Gasteiger partial charge in [-0.25, -0.2) is 13.8 Å². The molecule has 19 heavy (non-hydrogen) atoms. The normalized spacial score (nSPS) is 11.1. The van der Waals surface area contributed by atoms with Crippen molar-refractivity contribution in [3.8, 4) is 5.69 Å². The van der Waals surface area contributed by atoms with E-state index in [0.29, 0.717) is 21.2 Å². The van der Waals surface area contributed by atoms with E-state index in [2.05, 4.69) is 20.9 Å². The maximum Gasteiger partial charge on any atom is 0.205 e. The van der Waals surface area contributed by atoms with Gasteiger partial charge in [0.1, 0.15) is 11.6 Å². The van der Waals surface area contributed by atoms with Crippen LogP contribution in [0.2, 0.25) is 0 Å². The van der Waals surface area contributed by atoms with Crippen LogP contribution in [0.25, 0.3) is 16.7 Å². The fraction of sp³-hybridized carbons (Fsp3) is 0. The molecular formula is C13H8BrF2N3. The van der Waals surface area contributed by atoms with E-state index >= 15 is 0 Å². The average molecular weight is 324 g/mol. The van der Waals surface area contributed by atoms with E-state index in [4.69, 9.17) is 5.73 Å². The maximum atomic E-state index is 13.6. The second-order valence-electron chi connectivity index (χ2n) is 4.04. The highest BCUT2D eigenvalue weighted by molar-refractivity contribution is 9.10. The maximum absolute atomic E-state index is 13.6. The van der Waals surface area contributed by atoms with Gasteiger partial charge in [-0.05, 0) is 40.2 Å². The Kier molecular flexibility index (Phi) is 2.74. The highest BCUT2D eigenvalue weighted by atomic mass is 79.9. The first-order valence-electron chi connectivity index (χ1n) is 5.45. The summed E-state index contributed by atoms with van der Waals surface area (Å²) in [5.41, 5.74) is 7.36. The molecule has 0 radical (unpaired) electrons. The first-order valence-corrected chi connectivity index (χ1v) is 6.24. The molecule has 2 aromatic carbocycles. The van der Waals surface area contributed by atoms with Crippen molar-refractivity contribution in [3.05, 3.63) is 52.5 Å². The molecule has 0 saturated carbocycles. The summed E-state index contributed by atoms with van der Waals surface area (Å²) in [6.07, 6.45) is 0. The van der Waals surface area contributed by atoms with Gasteiger partial charge in [-0.1, -0.05) is 6.07 Å². The molecule has 1 aromatic heterocycles. The molecule has 2 N–H and O–H groups in total. The Balaban J connectivity index is 2.34. The number of anilines is 1. The Labute approximate surface area is 115 Å². The minimum absolute atomic E-state index is 0.179. The Bertz CT molecular complexity index is 783. The highest BCUT2D eigenvalue weighted by Crippen LogP contribution is 2.27. The first kappa shape index (κ1) is 12.1. The van der Waals surface area contributed by atoms with Crippen LogP contribution < -0.4 is 5.73 Å².